The second kappa shape index (κ2) is 5.92. The quantitative estimate of drug-likeness (QED) is 0.731. The van der Waals surface area contributed by atoms with E-state index in [9.17, 15) is 0 Å². The molecule has 2 aromatic carbocycles. The monoisotopic (exact) mass is 302 g/mol. The van der Waals surface area contributed by atoms with Gasteiger partial charge in [-0.1, -0.05) is 59.8 Å². The van der Waals surface area contributed by atoms with Crippen molar-refractivity contribution in [2.45, 2.75) is 16.3 Å². The molecule has 20 heavy (non-hydrogen) atoms. The molecule has 102 valence electrons. The van der Waals surface area contributed by atoms with Crippen LogP contribution < -0.4 is 5.32 Å². The summed E-state index contributed by atoms with van der Waals surface area (Å²) in [5, 5.41) is 5.07. The Morgan fingerprint density at radius 1 is 1.10 bits per heavy atom. The van der Waals surface area contributed by atoms with Crippen LogP contribution in [0.15, 0.2) is 58.3 Å². The van der Waals surface area contributed by atoms with Crippen molar-refractivity contribution in [3.05, 3.63) is 59.2 Å². The van der Waals surface area contributed by atoms with E-state index in [0.717, 1.165) is 17.0 Å². The summed E-state index contributed by atoms with van der Waals surface area (Å²) >= 11 is 8.07. The van der Waals surface area contributed by atoms with Crippen molar-refractivity contribution in [2.75, 3.05) is 7.05 Å². The van der Waals surface area contributed by atoms with Gasteiger partial charge in [0.1, 0.15) is 5.15 Å². The van der Waals surface area contributed by atoms with Crippen molar-refractivity contribution in [3.8, 4) is 0 Å². The van der Waals surface area contributed by atoms with Crippen molar-refractivity contribution in [2.24, 2.45) is 0 Å². The summed E-state index contributed by atoms with van der Waals surface area (Å²) in [7, 11) is 1.96. The first-order chi connectivity index (χ1) is 9.79. The van der Waals surface area contributed by atoms with E-state index in [-0.39, 0.29) is 0 Å². The molecule has 1 aromatic heterocycles. The number of benzene rings is 2. The Kier molecular flexibility index (Phi) is 4.01. The van der Waals surface area contributed by atoms with E-state index < -0.39 is 0 Å². The highest BCUT2D eigenvalue weighted by atomic mass is 35.5. The lowest BCUT2D eigenvalue weighted by Gasteiger charge is -2.08. The van der Waals surface area contributed by atoms with Gasteiger partial charge in [0.25, 0.3) is 0 Å². The van der Waals surface area contributed by atoms with Crippen LogP contribution in [0, 0.1) is 0 Å². The SMILES string of the molecule is CNCc1ccccc1Sc1c(Cl)[nH]c2ccccc12. The number of para-hydroxylation sites is 1. The molecule has 2 N–H and O–H groups in total. The molecule has 3 rings (SSSR count). The number of aromatic amines is 1. The average molecular weight is 303 g/mol. The number of aromatic nitrogens is 1. The first-order valence-corrected chi connectivity index (χ1v) is 7.65. The molecule has 0 aliphatic rings. The van der Waals surface area contributed by atoms with Crippen LogP contribution in [0.5, 0.6) is 0 Å². The Bertz CT molecular complexity index is 736. The van der Waals surface area contributed by atoms with Gasteiger partial charge in [-0.25, -0.2) is 0 Å². The zero-order valence-corrected chi connectivity index (χ0v) is 12.7. The fraction of sp³-hybridized carbons (Fsp3) is 0.125. The number of halogens is 1. The molecule has 0 amide bonds. The highest BCUT2D eigenvalue weighted by molar-refractivity contribution is 7.99. The van der Waals surface area contributed by atoms with Gasteiger partial charge < -0.3 is 10.3 Å². The standard InChI is InChI=1S/C16H15ClN2S/c1-18-10-11-6-2-5-9-14(11)20-15-12-7-3-4-8-13(12)19-16(15)17/h2-9,18-19H,10H2,1H3. The number of nitrogens with one attached hydrogen (secondary N) is 2. The van der Waals surface area contributed by atoms with E-state index in [1.54, 1.807) is 11.8 Å². The third kappa shape index (κ3) is 2.57. The van der Waals surface area contributed by atoms with Crippen LogP contribution in [-0.4, -0.2) is 12.0 Å². The van der Waals surface area contributed by atoms with E-state index in [1.165, 1.54) is 15.8 Å². The third-order valence-electron chi connectivity index (χ3n) is 3.17. The van der Waals surface area contributed by atoms with Crippen molar-refractivity contribution in [1.29, 1.82) is 0 Å². The maximum atomic E-state index is 6.35. The molecule has 0 aliphatic carbocycles. The Morgan fingerprint density at radius 2 is 1.85 bits per heavy atom. The molecule has 4 heteroatoms. The van der Waals surface area contributed by atoms with Crippen molar-refractivity contribution in [3.63, 3.8) is 0 Å². The Balaban J connectivity index is 2.03. The number of hydrogen-bond donors (Lipinski definition) is 2. The van der Waals surface area contributed by atoms with Gasteiger partial charge in [0.15, 0.2) is 0 Å². The summed E-state index contributed by atoms with van der Waals surface area (Å²) in [4.78, 5) is 5.55. The van der Waals surface area contributed by atoms with E-state index in [0.29, 0.717) is 5.15 Å². The second-order valence-corrected chi connectivity index (χ2v) is 5.98. The molecule has 0 saturated heterocycles. The highest BCUT2D eigenvalue weighted by Crippen LogP contribution is 2.40. The van der Waals surface area contributed by atoms with Gasteiger partial charge in [0.2, 0.25) is 0 Å². The molecule has 0 bridgehead atoms. The van der Waals surface area contributed by atoms with E-state index >= 15 is 0 Å². The lowest BCUT2D eigenvalue weighted by Crippen LogP contribution is -2.05. The summed E-state index contributed by atoms with van der Waals surface area (Å²) < 4.78 is 0. The Morgan fingerprint density at radius 3 is 2.70 bits per heavy atom. The molecule has 0 aliphatic heterocycles. The van der Waals surface area contributed by atoms with Crippen LogP contribution in [-0.2, 0) is 6.54 Å². The summed E-state index contributed by atoms with van der Waals surface area (Å²) in [5.74, 6) is 0. The minimum absolute atomic E-state index is 0.704. The van der Waals surface area contributed by atoms with Gasteiger partial charge in [0.05, 0.1) is 4.90 Å². The molecule has 0 fully saturated rings. The number of hydrogen-bond acceptors (Lipinski definition) is 2. The van der Waals surface area contributed by atoms with Crippen LogP contribution in [0.2, 0.25) is 5.15 Å². The molecule has 0 radical (unpaired) electrons. The van der Waals surface area contributed by atoms with Crippen molar-refractivity contribution in [1.82, 2.24) is 10.3 Å². The topological polar surface area (TPSA) is 27.8 Å². The van der Waals surface area contributed by atoms with Crippen LogP contribution in [0.4, 0.5) is 0 Å². The molecule has 0 spiro atoms. The summed E-state index contributed by atoms with van der Waals surface area (Å²) in [5.41, 5.74) is 2.35. The molecule has 0 saturated carbocycles. The maximum Gasteiger partial charge on any atom is 0.121 e. The van der Waals surface area contributed by atoms with Gasteiger partial charge in [-0.05, 0) is 24.7 Å². The normalized spacial score (nSPS) is 11.1. The number of H-pyrrole nitrogens is 1. The largest absolute Gasteiger partial charge is 0.345 e. The van der Waals surface area contributed by atoms with E-state index in [4.69, 9.17) is 11.6 Å². The zero-order chi connectivity index (χ0) is 13.9. The first-order valence-electron chi connectivity index (χ1n) is 6.46. The minimum atomic E-state index is 0.704. The van der Waals surface area contributed by atoms with Gasteiger partial charge in [-0.3, -0.25) is 0 Å². The smallest absolute Gasteiger partial charge is 0.121 e. The molecule has 0 atom stereocenters. The van der Waals surface area contributed by atoms with E-state index in [2.05, 4.69) is 40.6 Å². The van der Waals surface area contributed by atoms with Crippen LogP contribution in [0.3, 0.4) is 0 Å². The van der Waals surface area contributed by atoms with Gasteiger partial charge >= 0.3 is 0 Å². The molecule has 1 heterocycles. The second-order valence-electron chi connectivity index (χ2n) is 4.55. The summed E-state index contributed by atoms with van der Waals surface area (Å²) in [6.07, 6.45) is 0. The molecule has 3 aromatic rings. The zero-order valence-electron chi connectivity index (χ0n) is 11.1. The predicted octanol–water partition coefficient (Wildman–Crippen LogP) is 4.69. The third-order valence-corrected chi connectivity index (χ3v) is 4.81. The van der Waals surface area contributed by atoms with Gasteiger partial charge in [-0.15, -0.1) is 0 Å². The highest BCUT2D eigenvalue weighted by Gasteiger charge is 2.12. The molecule has 0 unspecified atom stereocenters. The van der Waals surface area contributed by atoms with Crippen LogP contribution in [0.25, 0.3) is 10.9 Å². The fourth-order valence-electron chi connectivity index (χ4n) is 2.23. The van der Waals surface area contributed by atoms with Gasteiger partial charge in [0, 0.05) is 22.3 Å². The van der Waals surface area contributed by atoms with Crippen molar-refractivity contribution < 1.29 is 0 Å². The first kappa shape index (κ1) is 13.6. The number of fused-ring (bicyclic) bond motifs is 1. The summed E-state index contributed by atoms with van der Waals surface area (Å²) in [6, 6.07) is 16.6. The van der Waals surface area contributed by atoms with Crippen LogP contribution in [0.1, 0.15) is 5.56 Å². The van der Waals surface area contributed by atoms with Crippen LogP contribution >= 0.6 is 23.4 Å². The Hall–Kier alpha value is -1.42. The van der Waals surface area contributed by atoms with E-state index in [1.807, 2.05) is 25.2 Å². The lowest BCUT2D eigenvalue weighted by atomic mass is 10.2. The van der Waals surface area contributed by atoms with Crippen molar-refractivity contribution >= 4 is 34.3 Å². The van der Waals surface area contributed by atoms with Gasteiger partial charge in [-0.2, -0.15) is 0 Å². The molecular weight excluding hydrogens is 288 g/mol. The fourth-order valence-corrected chi connectivity index (χ4v) is 3.62. The maximum absolute atomic E-state index is 6.35. The summed E-state index contributed by atoms with van der Waals surface area (Å²) in [6.45, 7) is 0.850. The predicted molar refractivity (Wildman–Crippen MR) is 86.6 cm³/mol. The Labute approximate surface area is 127 Å². The molecular formula is C16H15ClN2S. The lowest BCUT2D eigenvalue weighted by molar-refractivity contribution is 0.803. The average Bonchev–Trinajstić information content (AvgIpc) is 2.78. The minimum Gasteiger partial charge on any atom is -0.345 e. The number of rotatable bonds is 4. The molecule has 2 nitrogen and oxygen atoms in total.